The van der Waals surface area contributed by atoms with Crippen LogP contribution in [0.5, 0.6) is 0 Å². The fraction of sp³-hybridized carbons (Fsp3) is 0.511. The molecule has 4 aliphatic rings. The Bertz CT molecular complexity index is 4820. The third-order valence-electron chi connectivity index (χ3n) is 20.5. The largest absolute Gasteiger partial charge is 0.478 e. The summed E-state index contributed by atoms with van der Waals surface area (Å²) in [5.74, 6) is 5.35. The molecular formula is C90H123BrN16O6S11. The van der Waals surface area contributed by atoms with Gasteiger partial charge in [0.1, 0.15) is 20.8 Å². The Morgan fingerprint density at radius 2 is 0.895 bits per heavy atom. The second kappa shape index (κ2) is 48.9. The van der Waals surface area contributed by atoms with E-state index in [1.54, 1.807) is 104 Å². The number of halogens is 1. The second-order valence-electron chi connectivity index (χ2n) is 35.4. The lowest BCUT2D eigenvalue weighted by atomic mass is 9.87. The molecule has 2 aliphatic carbocycles. The van der Waals surface area contributed by atoms with Gasteiger partial charge in [0.25, 0.3) is 5.91 Å². The van der Waals surface area contributed by atoms with Gasteiger partial charge in [0.15, 0.2) is 19.3 Å². The van der Waals surface area contributed by atoms with Gasteiger partial charge in [0.2, 0.25) is 17.7 Å². The van der Waals surface area contributed by atoms with Crippen molar-refractivity contribution in [3.05, 3.63) is 180 Å². The summed E-state index contributed by atoms with van der Waals surface area (Å²) in [6.07, 6.45) is 32.7. The first-order chi connectivity index (χ1) is 58.8. The minimum atomic E-state index is -0.994. The summed E-state index contributed by atoms with van der Waals surface area (Å²) < 4.78 is 11.5. The zero-order valence-corrected chi connectivity index (χ0v) is 84.7. The van der Waals surface area contributed by atoms with Crippen molar-refractivity contribution in [2.24, 2.45) is 17.6 Å². The lowest BCUT2D eigenvalue weighted by Gasteiger charge is -2.38. The molecule has 2 aromatic carbocycles. The first kappa shape index (κ1) is 101. The molecule has 8 aromatic heterocycles. The van der Waals surface area contributed by atoms with Gasteiger partial charge in [-0.05, 0) is 196 Å². The van der Waals surface area contributed by atoms with E-state index in [-0.39, 0.29) is 57.0 Å². The quantitative estimate of drug-likeness (QED) is 0.0206. The highest BCUT2D eigenvalue weighted by Gasteiger charge is 2.32. The summed E-state index contributed by atoms with van der Waals surface area (Å²) in [6, 6.07) is 15.4. The number of thioether (sulfide) groups is 4. The van der Waals surface area contributed by atoms with E-state index >= 15 is 0 Å². The van der Waals surface area contributed by atoms with Crippen molar-refractivity contribution in [1.82, 2.24) is 50.1 Å². The number of nitrogens with zero attached hydrogens (tertiary/aromatic N) is 9. The van der Waals surface area contributed by atoms with Crippen LogP contribution in [0.15, 0.2) is 149 Å². The van der Waals surface area contributed by atoms with Crippen LogP contribution in [-0.2, 0) is 54.3 Å². The molecule has 124 heavy (non-hydrogen) atoms. The number of likely N-dealkylation sites (tertiary alicyclic amines) is 1. The maximum absolute atomic E-state index is 13.3. The molecule has 10 heterocycles. The number of amides is 3. The van der Waals surface area contributed by atoms with Crippen LogP contribution >= 0.6 is 142 Å². The van der Waals surface area contributed by atoms with E-state index in [1.165, 1.54) is 128 Å². The lowest BCUT2D eigenvalue weighted by Crippen LogP contribution is -2.49. The fourth-order valence-corrected chi connectivity index (χ4v) is 24.0. The number of anilines is 5. The van der Waals surface area contributed by atoms with E-state index in [0.29, 0.717) is 47.7 Å². The van der Waals surface area contributed by atoms with Crippen LogP contribution in [0.1, 0.15) is 250 Å². The number of carbonyl (C=O) groups is 4. The highest BCUT2D eigenvalue weighted by Crippen LogP contribution is 2.40. The number of carbonyl (C=O) groups excluding carboxylic acids is 3. The summed E-state index contributed by atoms with van der Waals surface area (Å²) in [6.45, 7) is 43.8. The first-order valence-corrected chi connectivity index (χ1v) is 52.4. The van der Waals surface area contributed by atoms with Crippen LogP contribution in [-0.4, -0.2) is 123 Å². The van der Waals surface area contributed by atoms with E-state index in [0.717, 1.165) is 105 Å². The number of oxazole rings is 1. The van der Waals surface area contributed by atoms with Gasteiger partial charge in [-0.25, -0.2) is 44.7 Å². The monoisotopic (exact) mass is 1950 g/mol. The molecule has 4 fully saturated rings. The summed E-state index contributed by atoms with van der Waals surface area (Å²) >= 11 is 22.7. The predicted molar refractivity (Wildman–Crippen MR) is 531 cm³/mol. The van der Waals surface area contributed by atoms with Crippen molar-refractivity contribution in [3.8, 4) is 0 Å². The normalized spacial score (nSPS) is 19.0. The van der Waals surface area contributed by atoms with Gasteiger partial charge < -0.3 is 52.1 Å². The number of thiazole rings is 7. The second-order valence-corrected chi connectivity index (χ2v) is 49.3. The third-order valence-corrected chi connectivity index (χ3v) is 34.3. The van der Waals surface area contributed by atoms with Crippen molar-refractivity contribution >= 4 is 193 Å². The van der Waals surface area contributed by atoms with Crippen LogP contribution in [0.3, 0.4) is 0 Å². The standard InChI is InChI=1S/C27H33N5O2S3.C18H27N3S3.C17H26N4S3.C11H13BrN2OS2.C10H9NO3.C7H15N/c1-6-22(33)30-19-11-8-18(9-12-19)25(34)32-15-20(10-7-17(32)2)31-26-29-14-24(37-26)35-16-23-28-13-21(36-23)27(3,4)5;1-12-5-7-13(8-6-12)21-17-20-10-16(24-17)22-11-15-19-9-14(23-15)18(2,3)4;1-11-5-6-12(7-18-11)21-16-20-9-15(24-16)22-10-14-19-8-13(23-14)17(2,3)4;1-11(2,3)7-4-13-8(15-7)6-16-9-5-14-10(12)17-9;1-2-9(12)11-8-5-3-7(4-6-8)10(13)14;1-6-2-4-7(8)5-3-6/h6,8-9,11-14,17,20H,1,7,10,15-16H2,2-5H3,(H,29,31)(H,30,33);9-10,12-13H,5-8,11H2,1-4H3,(H,20,21);8-9,11-12,18H,5-7,10H2,1-4H3,(H,20,21);4-5H,6H2,1-3H3;2-6H,1H2,(H,11,12)(H,13,14);6-7H,2-5,8H2,1H3/t17-,20+;;11-,12+;;;/m0.0.../s1. The molecule has 3 amide bonds. The number of nitrogens with one attached hydrogen (secondary N) is 6. The molecule has 22 nitrogen and oxygen atoms in total. The maximum Gasteiger partial charge on any atom is 0.335 e. The Kier molecular flexibility index (Phi) is 39.9. The number of aromatic carboxylic acids is 1. The Labute approximate surface area is 787 Å². The molecule has 9 N–H and O–H groups in total. The molecule has 0 spiro atoms. The number of benzene rings is 2. The summed E-state index contributed by atoms with van der Waals surface area (Å²) in [5, 5.41) is 34.6. The van der Waals surface area contributed by atoms with Gasteiger partial charge >= 0.3 is 5.97 Å². The van der Waals surface area contributed by atoms with Gasteiger partial charge in [0.05, 0.1) is 76.4 Å². The molecule has 0 unspecified atom stereocenters. The first-order valence-electron chi connectivity index (χ1n) is 42.0. The molecule has 34 heteroatoms. The van der Waals surface area contributed by atoms with Crippen LogP contribution in [0, 0.1) is 11.8 Å². The van der Waals surface area contributed by atoms with Crippen LogP contribution in [0.25, 0.3) is 0 Å². The minimum Gasteiger partial charge on any atom is -0.478 e. The molecule has 2 aliphatic heterocycles. The number of carboxylic acid groups (broad SMARTS) is 1. The molecule has 672 valence electrons. The van der Waals surface area contributed by atoms with Crippen molar-refractivity contribution in [3.63, 3.8) is 0 Å². The van der Waals surface area contributed by atoms with Gasteiger partial charge in [0, 0.05) is 105 Å². The SMILES string of the molecule is C=CC(=O)Nc1ccc(C(=O)N2C[C@H](Nc3ncc(SCc4ncc(C(C)(C)C)s4)s3)CC[C@@H]2C)cc1.C=CC(=O)Nc1ccc(C(=O)O)cc1.CC(C)(C)c1cnc(CSc2cnc(Br)s2)o1.CC1CCC(N)CC1.CC1CCC(Nc2ncc(SCc3ncc(C(C)(C)C)s3)s2)CC1.C[C@H]1CC[C@@H](Nc2ncc(SCc3ncc(C(C)(C)C)s3)s2)CN1. The van der Waals surface area contributed by atoms with E-state index in [2.05, 4.69) is 212 Å². The number of hydrogen-bond donors (Lipinski definition) is 8. The average molecular weight is 1960 g/mol. The molecule has 2 saturated heterocycles. The highest BCUT2D eigenvalue weighted by molar-refractivity contribution is 9.11. The zero-order valence-electron chi connectivity index (χ0n) is 74.1. The minimum absolute atomic E-state index is 0.00551. The number of carboxylic acids is 1. The summed E-state index contributed by atoms with van der Waals surface area (Å²) in [5.41, 5.74) is 8.19. The van der Waals surface area contributed by atoms with Crippen molar-refractivity contribution < 1.29 is 28.7 Å². The van der Waals surface area contributed by atoms with Gasteiger partial charge in [-0.15, -0.1) is 92.4 Å². The van der Waals surface area contributed by atoms with E-state index < -0.39 is 5.97 Å². The molecule has 2 saturated carbocycles. The van der Waals surface area contributed by atoms with Gasteiger partial charge in [-0.2, -0.15) is 0 Å². The van der Waals surface area contributed by atoms with Crippen molar-refractivity contribution in [1.29, 1.82) is 0 Å². The molecule has 4 atom stereocenters. The lowest BCUT2D eigenvalue weighted by molar-refractivity contribution is -0.112. The number of piperidine rings is 2. The Balaban J connectivity index is 0.000000177. The number of hydrogen-bond acceptors (Lipinski definition) is 29. The summed E-state index contributed by atoms with van der Waals surface area (Å²) in [4.78, 5) is 87.8. The average Bonchev–Trinajstić information content (AvgIpc) is 1.30. The molecule has 10 aromatic rings. The van der Waals surface area contributed by atoms with Crippen molar-refractivity contribution in [2.45, 2.75) is 286 Å². The smallest absolute Gasteiger partial charge is 0.335 e. The van der Waals surface area contributed by atoms with E-state index in [4.69, 9.17) is 15.3 Å². The Hall–Kier alpha value is -6.38. The van der Waals surface area contributed by atoms with Gasteiger partial charge in [-0.1, -0.05) is 144 Å². The van der Waals surface area contributed by atoms with Gasteiger partial charge in [-0.3, -0.25) is 14.4 Å². The topological polar surface area (TPSA) is 306 Å². The van der Waals surface area contributed by atoms with Crippen LogP contribution < -0.4 is 37.6 Å². The van der Waals surface area contributed by atoms with Crippen LogP contribution in [0.4, 0.5) is 26.8 Å². The number of aromatic nitrogens is 8. The van der Waals surface area contributed by atoms with Crippen molar-refractivity contribution in [2.75, 3.05) is 39.7 Å². The number of rotatable bonds is 24. The molecule has 14 rings (SSSR count). The third kappa shape index (κ3) is 34.9. The van der Waals surface area contributed by atoms with E-state index in [9.17, 15) is 19.2 Å². The molecular weight excluding hydrogens is 1830 g/mol. The zero-order chi connectivity index (χ0) is 89.9. The fourth-order valence-electron chi connectivity index (χ4n) is 12.7. The summed E-state index contributed by atoms with van der Waals surface area (Å²) in [7, 11) is 0. The maximum atomic E-state index is 13.3. The Morgan fingerprint density at radius 3 is 1.28 bits per heavy atom. The molecule has 0 bridgehead atoms. The van der Waals surface area contributed by atoms with Crippen LogP contribution in [0.2, 0.25) is 0 Å². The number of nitrogens with two attached hydrogens (primary N) is 1. The molecule has 0 radical (unpaired) electrons. The van der Waals surface area contributed by atoms with E-state index in [1.807, 2.05) is 101 Å². The predicted octanol–water partition coefficient (Wildman–Crippen LogP) is 24.9. The Morgan fingerprint density at radius 1 is 0.492 bits per heavy atom. The highest BCUT2D eigenvalue weighted by atomic mass is 79.9.